The molecular formula is C14H12N2S2. The molecule has 0 unspecified atom stereocenters. The number of thiazole rings is 1. The molecule has 3 rings (SSSR count). The number of aromatic nitrogens is 1. The number of hydrogen-bond acceptors (Lipinski definition) is 4. The Kier molecular flexibility index (Phi) is 2.89. The molecule has 18 heavy (non-hydrogen) atoms. The number of nitrogen functional groups attached to an aromatic ring is 1. The van der Waals surface area contributed by atoms with Crippen molar-refractivity contribution in [2.45, 2.75) is 6.92 Å². The van der Waals surface area contributed by atoms with Gasteiger partial charge < -0.3 is 5.73 Å². The number of anilines is 1. The van der Waals surface area contributed by atoms with Crippen molar-refractivity contribution in [3.8, 4) is 21.1 Å². The normalized spacial score (nSPS) is 10.7. The highest BCUT2D eigenvalue weighted by atomic mass is 32.1. The van der Waals surface area contributed by atoms with E-state index in [0.29, 0.717) is 0 Å². The number of nitrogens with zero attached hydrogens (tertiary/aromatic N) is 1. The molecule has 2 aromatic heterocycles. The van der Waals surface area contributed by atoms with Gasteiger partial charge in [0.15, 0.2) is 0 Å². The summed E-state index contributed by atoms with van der Waals surface area (Å²) < 4.78 is 0. The number of nitrogens with two attached hydrogens (primary N) is 1. The Labute approximate surface area is 114 Å². The topological polar surface area (TPSA) is 38.9 Å². The third kappa shape index (κ3) is 1.94. The molecule has 0 aliphatic rings. The fourth-order valence-corrected chi connectivity index (χ4v) is 3.65. The maximum absolute atomic E-state index is 5.98. The van der Waals surface area contributed by atoms with Crippen LogP contribution in [0.2, 0.25) is 0 Å². The van der Waals surface area contributed by atoms with E-state index in [1.807, 2.05) is 24.3 Å². The standard InChI is InChI=1S/C14H12N2S2/c1-9-6-7-17-13(9)12-8-18-14(16-12)10-4-2-3-5-11(10)15/h2-8H,15H2,1H3. The second-order valence-electron chi connectivity index (χ2n) is 4.06. The fourth-order valence-electron chi connectivity index (χ4n) is 1.83. The van der Waals surface area contributed by atoms with Gasteiger partial charge in [-0.05, 0) is 36.1 Å². The molecule has 90 valence electrons. The minimum Gasteiger partial charge on any atom is -0.398 e. The molecule has 0 aliphatic carbocycles. The zero-order valence-electron chi connectivity index (χ0n) is 9.88. The third-order valence-corrected chi connectivity index (χ3v) is 4.70. The van der Waals surface area contributed by atoms with Crippen LogP contribution in [-0.2, 0) is 0 Å². The van der Waals surface area contributed by atoms with Crippen LogP contribution >= 0.6 is 22.7 Å². The summed E-state index contributed by atoms with van der Waals surface area (Å²) in [6.45, 7) is 2.11. The van der Waals surface area contributed by atoms with Crippen molar-refractivity contribution < 1.29 is 0 Å². The molecule has 0 radical (unpaired) electrons. The molecule has 1 aromatic carbocycles. The number of rotatable bonds is 2. The largest absolute Gasteiger partial charge is 0.398 e. The molecular weight excluding hydrogens is 260 g/mol. The van der Waals surface area contributed by atoms with Crippen LogP contribution in [-0.4, -0.2) is 4.98 Å². The predicted molar refractivity (Wildman–Crippen MR) is 80.0 cm³/mol. The van der Waals surface area contributed by atoms with Gasteiger partial charge >= 0.3 is 0 Å². The molecule has 0 saturated carbocycles. The predicted octanol–water partition coefficient (Wildman–Crippen LogP) is 4.43. The first kappa shape index (κ1) is 11.4. The van der Waals surface area contributed by atoms with E-state index in [1.165, 1.54) is 10.4 Å². The van der Waals surface area contributed by atoms with Crippen LogP contribution in [0.3, 0.4) is 0 Å². The highest BCUT2D eigenvalue weighted by Crippen LogP contribution is 2.35. The monoisotopic (exact) mass is 272 g/mol. The summed E-state index contributed by atoms with van der Waals surface area (Å²) in [5, 5.41) is 5.18. The van der Waals surface area contributed by atoms with E-state index in [0.717, 1.165) is 22.0 Å². The van der Waals surface area contributed by atoms with E-state index < -0.39 is 0 Å². The van der Waals surface area contributed by atoms with Gasteiger partial charge in [-0.2, -0.15) is 0 Å². The lowest BCUT2D eigenvalue weighted by Crippen LogP contribution is -1.88. The lowest BCUT2D eigenvalue weighted by atomic mass is 10.2. The molecule has 2 N–H and O–H groups in total. The minimum atomic E-state index is 0.779. The second-order valence-corrected chi connectivity index (χ2v) is 5.83. The Bertz CT molecular complexity index is 682. The first-order valence-electron chi connectivity index (χ1n) is 5.60. The van der Waals surface area contributed by atoms with E-state index in [-0.39, 0.29) is 0 Å². The summed E-state index contributed by atoms with van der Waals surface area (Å²) >= 11 is 3.37. The zero-order chi connectivity index (χ0) is 12.5. The summed E-state index contributed by atoms with van der Waals surface area (Å²) in [6, 6.07) is 9.97. The fraction of sp³-hybridized carbons (Fsp3) is 0.0714. The molecule has 3 aromatic rings. The van der Waals surface area contributed by atoms with Crippen molar-refractivity contribution >= 4 is 28.4 Å². The van der Waals surface area contributed by atoms with Gasteiger partial charge in [-0.3, -0.25) is 0 Å². The Morgan fingerprint density at radius 3 is 2.67 bits per heavy atom. The molecule has 2 nitrogen and oxygen atoms in total. The van der Waals surface area contributed by atoms with Gasteiger partial charge in [-0.25, -0.2) is 4.98 Å². The van der Waals surface area contributed by atoms with Gasteiger partial charge in [-0.15, -0.1) is 22.7 Å². The highest BCUT2D eigenvalue weighted by Gasteiger charge is 2.11. The summed E-state index contributed by atoms with van der Waals surface area (Å²) in [6.07, 6.45) is 0. The molecule has 0 spiro atoms. The minimum absolute atomic E-state index is 0.779. The van der Waals surface area contributed by atoms with E-state index >= 15 is 0 Å². The van der Waals surface area contributed by atoms with Gasteiger partial charge in [0.05, 0.1) is 10.6 Å². The summed E-state index contributed by atoms with van der Waals surface area (Å²) in [5.41, 5.74) is 10.1. The van der Waals surface area contributed by atoms with E-state index in [2.05, 4.69) is 23.8 Å². The Balaban J connectivity index is 2.05. The first-order valence-corrected chi connectivity index (χ1v) is 7.36. The first-order chi connectivity index (χ1) is 8.75. The van der Waals surface area contributed by atoms with Crippen molar-refractivity contribution in [2.75, 3.05) is 5.73 Å². The molecule has 0 bridgehead atoms. The van der Waals surface area contributed by atoms with E-state index in [4.69, 9.17) is 10.7 Å². The Hall–Kier alpha value is -1.65. The molecule has 4 heteroatoms. The molecule has 0 aliphatic heterocycles. The van der Waals surface area contributed by atoms with Gasteiger partial charge in [0.1, 0.15) is 5.01 Å². The van der Waals surface area contributed by atoms with Crippen LogP contribution in [0.5, 0.6) is 0 Å². The van der Waals surface area contributed by atoms with Gasteiger partial charge in [0.25, 0.3) is 0 Å². The molecule has 0 atom stereocenters. The van der Waals surface area contributed by atoms with Gasteiger partial charge in [0.2, 0.25) is 0 Å². The Morgan fingerprint density at radius 1 is 1.11 bits per heavy atom. The van der Waals surface area contributed by atoms with Crippen LogP contribution in [0, 0.1) is 6.92 Å². The number of para-hydroxylation sites is 1. The van der Waals surface area contributed by atoms with Crippen molar-refractivity contribution in [1.82, 2.24) is 4.98 Å². The Morgan fingerprint density at radius 2 is 1.94 bits per heavy atom. The van der Waals surface area contributed by atoms with Crippen LogP contribution in [0.15, 0.2) is 41.1 Å². The quantitative estimate of drug-likeness (QED) is 0.701. The van der Waals surface area contributed by atoms with Crippen LogP contribution in [0.4, 0.5) is 5.69 Å². The number of thiophene rings is 1. The smallest absolute Gasteiger partial charge is 0.126 e. The van der Waals surface area contributed by atoms with E-state index in [9.17, 15) is 0 Å². The average molecular weight is 272 g/mol. The van der Waals surface area contributed by atoms with Gasteiger partial charge in [0, 0.05) is 16.6 Å². The highest BCUT2D eigenvalue weighted by molar-refractivity contribution is 7.15. The lowest BCUT2D eigenvalue weighted by Gasteiger charge is -2.00. The molecule has 0 fully saturated rings. The van der Waals surface area contributed by atoms with Crippen molar-refractivity contribution in [2.24, 2.45) is 0 Å². The zero-order valence-corrected chi connectivity index (χ0v) is 11.5. The average Bonchev–Trinajstić information content (AvgIpc) is 2.98. The summed E-state index contributed by atoms with van der Waals surface area (Å²) in [4.78, 5) is 5.94. The SMILES string of the molecule is Cc1ccsc1-c1csc(-c2ccccc2N)n1. The second kappa shape index (κ2) is 4.55. The molecule has 0 amide bonds. The maximum Gasteiger partial charge on any atom is 0.126 e. The van der Waals surface area contributed by atoms with Crippen LogP contribution in [0.25, 0.3) is 21.1 Å². The lowest BCUT2D eigenvalue weighted by molar-refractivity contribution is 1.40. The summed E-state index contributed by atoms with van der Waals surface area (Å²) in [5.74, 6) is 0. The van der Waals surface area contributed by atoms with Crippen molar-refractivity contribution in [3.63, 3.8) is 0 Å². The van der Waals surface area contributed by atoms with Gasteiger partial charge in [-0.1, -0.05) is 12.1 Å². The van der Waals surface area contributed by atoms with E-state index in [1.54, 1.807) is 22.7 Å². The van der Waals surface area contributed by atoms with Crippen molar-refractivity contribution in [3.05, 3.63) is 46.7 Å². The summed E-state index contributed by atoms with van der Waals surface area (Å²) in [7, 11) is 0. The molecule has 2 heterocycles. The third-order valence-electron chi connectivity index (χ3n) is 2.79. The van der Waals surface area contributed by atoms with Crippen LogP contribution < -0.4 is 5.73 Å². The van der Waals surface area contributed by atoms with Crippen LogP contribution in [0.1, 0.15) is 5.56 Å². The molecule has 0 saturated heterocycles. The van der Waals surface area contributed by atoms with Crippen molar-refractivity contribution in [1.29, 1.82) is 0 Å². The number of benzene rings is 1. The number of hydrogen-bond donors (Lipinski definition) is 1. The maximum atomic E-state index is 5.98. The number of aryl methyl sites for hydroxylation is 1.